The SMILES string of the molecule is CC1(C(=O)NS(C)(=O)=O)C=CC=C(c2cccc(Nc3nccc(C(F)(F)F)n3)c2)C1. The van der Waals surface area contributed by atoms with Gasteiger partial charge in [-0.25, -0.2) is 18.4 Å². The van der Waals surface area contributed by atoms with Crippen molar-refractivity contribution < 1.29 is 26.4 Å². The molecule has 1 aliphatic carbocycles. The molecule has 0 radical (unpaired) electrons. The van der Waals surface area contributed by atoms with E-state index in [9.17, 15) is 26.4 Å². The fourth-order valence-corrected chi connectivity index (χ4v) is 3.60. The standard InChI is InChI=1S/C20H19F3N4O3S/c1-19(17(28)27-31(2,29)30)9-4-6-14(12-19)13-5-3-7-15(11-13)25-18-24-10-8-16(26-18)20(21,22)23/h3-11H,12H2,1-2H3,(H,27,28)(H,24,25,26). The van der Waals surface area contributed by atoms with Gasteiger partial charge in [0.2, 0.25) is 21.9 Å². The van der Waals surface area contributed by atoms with E-state index in [1.807, 2.05) is 4.72 Å². The first-order valence-electron chi connectivity index (χ1n) is 9.04. The second kappa shape index (κ2) is 8.14. The van der Waals surface area contributed by atoms with Gasteiger partial charge in [-0.1, -0.05) is 30.4 Å². The first kappa shape index (κ1) is 22.5. The summed E-state index contributed by atoms with van der Waals surface area (Å²) in [6.45, 7) is 1.62. The largest absolute Gasteiger partial charge is 0.433 e. The van der Waals surface area contributed by atoms with Crippen LogP contribution in [0.5, 0.6) is 0 Å². The van der Waals surface area contributed by atoms with Crippen molar-refractivity contribution in [3.8, 4) is 0 Å². The topological polar surface area (TPSA) is 101 Å². The third-order valence-electron chi connectivity index (χ3n) is 4.55. The van der Waals surface area contributed by atoms with E-state index in [0.29, 0.717) is 11.3 Å². The van der Waals surface area contributed by atoms with E-state index < -0.39 is 33.2 Å². The second-order valence-corrected chi connectivity index (χ2v) is 9.07. The van der Waals surface area contributed by atoms with Crippen LogP contribution < -0.4 is 10.0 Å². The number of halogens is 3. The smallest absolute Gasteiger partial charge is 0.324 e. The van der Waals surface area contributed by atoms with Gasteiger partial charge < -0.3 is 5.32 Å². The van der Waals surface area contributed by atoms with Gasteiger partial charge >= 0.3 is 6.18 Å². The summed E-state index contributed by atoms with van der Waals surface area (Å²) >= 11 is 0. The molecule has 0 saturated carbocycles. The van der Waals surface area contributed by atoms with Crippen LogP contribution >= 0.6 is 0 Å². The fraction of sp³-hybridized carbons (Fsp3) is 0.250. The summed E-state index contributed by atoms with van der Waals surface area (Å²) in [6.07, 6.45) is 2.64. The predicted octanol–water partition coefficient (Wildman–Crippen LogP) is 3.66. The molecule has 1 heterocycles. The molecule has 1 atom stereocenters. The average Bonchev–Trinajstić information content (AvgIpc) is 2.66. The average molecular weight is 452 g/mol. The molecule has 164 valence electrons. The summed E-state index contributed by atoms with van der Waals surface area (Å²) in [5.74, 6) is -0.856. The Morgan fingerprint density at radius 3 is 2.65 bits per heavy atom. The molecule has 7 nitrogen and oxygen atoms in total. The normalized spacial score (nSPS) is 18.9. The van der Waals surface area contributed by atoms with Gasteiger partial charge in [-0.3, -0.25) is 9.52 Å². The Bertz CT molecular complexity index is 1180. The summed E-state index contributed by atoms with van der Waals surface area (Å²) in [6, 6.07) is 7.57. The molecule has 0 aliphatic heterocycles. The summed E-state index contributed by atoms with van der Waals surface area (Å²) < 4.78 is 63.4. The molecular weight excluding hydrogens is 433 g/mol. The van der Waals surface area contributed by atoms with Crippen LogP contribution in [0.4, 0.5) is 24.8 Å². The molecule has 1 aromatic carbocycles. The highest BCUT2D eigenvalue weighted by Gasteiger charge is 2.35. The van der Waals surface area contributed by atoms with E-state index in [2.05, 4.69) is 15.3 Å². The minimum absolute atomic E-state index is 0.207. The lowest BCUT2D eigenvalue weighted by Crippen LogP contribution is -2.41. The molecule has 2 N–H and O–H groups in total. The Labute approximate surface area is 177 Å². The maximum Gasteiger partial charge on any atom is 0.433 e. The Hall–Kier alpha value is -3.21. The fourth-order valence-electron chi connectivity index (χ4n) is 3.03. The van der Waals surface area contributed by atoms with Crippen molar-refractivity contribution in [1.82, 2.24) is 14.7 Å². The molecule has 1 aromatic heterocycles. The third-order valence-corrected chi connectivity index (χ3v) is 5.11. The number of sulfonamides is 1. The second-order valence-electron chi connectivity index (χ2n) is 7.32. The zero-order valence-electron chi connectivity index (χ0n) is 16.6. The number of nitrogens with zero attached hydrogens (tertiary/aromatic N) is 2. The number of alkyl halides is 3. The number of nitrogens with one attached hydrogen (secondary N) is 2. The van der Waals surface area contributed by atoms with Gasteiger partial charge in [0.15, 0.2) is 0 Å². The van der Waals surface area contributed by atoms with Crippen LogP contribution in [0, 0.1) is 5.41 Å². The van der Waals surface area contributed by atoms with Crippen molar-refractivity contribution in [2.24, 2.45) is 5.41 Å². The van der Waals surface area contributed by atoms with Crippen LogP contribution in [0.2, 0.25) is 0 Å². The lowest BCUT2D eigenvalue weighted by atomic mass is 9.77. The van der Waals surface area contributed by atoms with Crippen molar-refractivity contribution in [1.29, 1.82) is 0 Å². The van der Waals surface area contributed by atoms with Gasteiger partial charge in [0.25, 0.3) is 0 Å². The first-order chi connectivity index (χ1) is 14.4. The quantitative estimate of drug-likeness (QED) is 0.718. The van der Waals surface area contributed by atoms with E-state index in [1.54, 1.807) is 49.4 Å². The molecule has 3 rings (SSSR count). The summed E-state index contributed by atoms with van der Waals surface area (Å²) in [5.41, 5.74) is -0.230. The van der Waals surface area contributed by atoms with E-state index >= 15 is 0 Å². The van der Waals surface area contributed by atoms with Gasteiger partial charge in [-0.05, 0) is 42.7 Å². The molecule has 31 heavy (non-hydrogen) atoms. The zero-order chi connectivity index (χ0) is 22.9. The molecule has 11 heteroatoms. The summed E-state index contributed by atoms with van der Waals surface area (Å²) in [5, 5.41) is 2.74. The van der Waals surface area contributed by atoms with Crippen molar-refractivity contribution >= 4 is 33.1 Å². The molecule has 2 aromatic rings. The molecular formula is C20H19F3N4O3S. The maximum atomic E-state index is 12.9. The minimum atomic E-state index is -4.59. The zero-order valence-corrected chi connectivity index (χ0v) is 17.4. The number of anilines is 2. The Morgan fingerprint density at radius 1 is 1.23 bits per heavy atom. The lowest BCUT2D eigenvalue weighted by Gasteiger charge is -2.28. The summed E-state index contributed by atoms with van der Waals surface area (Å²) in [7, 11) is -3.71. The number of hydrogen-bond donors (Lipinski definition) is 2. The highest BCUT2D eigenvalue weighted by Crippen LogP contribution is 2.37. The van der Waals surface area contributed by atoms with Gasteiger partial charge in [-0.2, -0.15) is 13.2 Å². The van der Waals surface area contributed by atoms with Gasteiger partial charge in [0.05, 0.1) is 11.7 Å². The van der Waals surface area contributed by atoms with Crippen LogP contribution in [-0.2, 0) is 21.0 Å². The molecule has 0 fully saturated rings. The van der Waals surface area contributed by atoms with Crippen LogP contribution in [-0.4, -0.2) is 30.5 Å². The first-order valence-corrected chi connectivity index (χ1v) is 10.9. The van der Waals surface area contributed by atoms with Crippen molar-refractivity contribution in [2.45, 2.75) is 19.5 Å². The third kappa shape index (κ3) is 5.69. The number of benzene rings is 1. The van der Waals surface area contributed by atoms with Crippen LogP contribution in [0.1, 0.15) is 24.6 Å². The Kier molecular flexibility index (Phi) is 5.90. The van der Waals surface area contributed by atoms with E-state index in [1.165, 1.54) is 0 Å². The maximum absolute atomic E-state index is 12.9. The highest BCUT2D eigenvalue weighted by molar-refractivity contribution is 7.89. The molecule has 0 spiro atoms. The van der Waals surface area contributed by atoms with Crippen molar-refractivity contribution in [3.63, 3.8) is 0 Å². The number of amides is 1. The highest BCUT2D eigenvalue weighted by atomic mass is 32.2. The monoisotopic (exact) mass is 452 g/mol. The lowest BCUT2D eigenvalue weighted by molar-refractivity contribution is -0.141. The van der Waals surface area contributed by atoms with Crippen LogP contribution in [0.15, 0.2) is 54.8 Å². The number of allylic oxidation sites excluding steroid dienone is 3. The van der Waals surface area contributed by atoms with E-state index in [0.717, 1.165) is 24.1 Å². The molecule has 1 unspecified atom stereocenters. The van der Waals surface area contributed by atoms with Crippen LogP contribution in [0.3, 0.4) is 0 Å². The van der Waals surface area contributed by atoms with E-state index in [-0.39, 0.29) is 12.4 Å². The number of carbonyl (C=O) groups is 1. The number of aromatic nitrogens is 2. The van der Waals surface area contributed by atoms with E-state index in [4.69, 9.17) is 0 Å². The predicted molar refractivity (Wildman–Crippen MR) is 110 cm³/mol. The van der Waals surface area contributed by atoms with Gasteiger partial charge in [0.1, 0.15) is 5.69 Å². The Balaban J connectivity index is 1.81. The number of hydrogen-bond acceptors (Lipinski definition) is 6. The molecule has 0 bridgehead atoms. The van der Waals surface area contributed by atoms with Crippen molar-refractivity contribution in [2.75, 3.05) is 11.6 Å². The molecule has 1 amide bonds. The van der Waals surface area contributed by atoms with Crippen LogP contribution in [0.25, 0.3) is 5.57 Å². The molecule has 0 saturated heterocycles. The van der Waals surface area contributed by atoms with Crippen molar-refractivity contribution in [3.05, 3.63) is 66.0 Å². The van der Waals surface area contributed by atoms with Gasteiger partial charge in [-0.15, -0.1) is 0 Å². The number of carbonyl (C=O) groups excluding carboxylic acids is 1. The summed E-state index contributed by atoms with van der Waals surface area (Å²) in [4.78, 5) is 19.7. The molecule has 1 aliphatic rings. The Morgan fingerprint density at radius 2 is 1.97 bits per heavy atom. The van der Waals surface area contributed by atoms with Gasteiger partial charge in [0, 0.05) is 11.9 Å². The number of rotatable bonds is 5. The minimum Gasteiger partial charge on any atom is -0.324 e.